The van der Waals surface area contributed by atoms with Crippen LogP contribution in [0.5, 0.6) is 0 Å². The van der Waals surface area contributed by atoms with Crippen molar-refractivity contribution < 1.29 is 37.9 Å². The highest BCUT2D eigenvalue weighted by atomic mass is 35.6. The Morgan fingerprint density at radius 2 is 1.64 bits per heavy atom. The fraction of sp³-hybridized carbons (Fsp3) is 0.610. The smallest absolute Gasteiger partial charge is 0.325 e. The van der Waals surface area contributed by atoms with Crippen molar-refractivity contribution in [2.45, 2.75) is 134 Å². The zero-order valence-corrected chi connectivity index (χ0v) is 38.9. The maximum Gasteiger partial charge on any atom is 0.325 e. The topological polar surface area (TPSA) is 165 Å². The van der Waals surface area contributed by atoms with Crippen LogP contribution in [0, 0.1) is 11.3 Å². The summed E-state index contributed by atoms with van der Waals surface area (Å²) in [5.41, 5.74) is 3.65. The molecule has 1 aromatic heterocycles. The molecule has 1 saturated heterocycles. The molecule has 3 N–H and O–H groups in total. The summed E-state index contributed by atoms with van der Waals surface area (Å²) >= 11 is 17.1. The number of pyridine rings is 1. The standard InChI is InChI=1S/C41H60Cl3N5O8Si/c1-24(2)34(35(51)45-25(3)36(52)49-21-13-14-32(48-49)37(53)55-23-41(42,43)44)47-38(54)40(10,27(5)57-58(11,12)39(7,8)9)20-19-29-15-16-30-17-18-31(46-33(30)22-29)26(4)56-28(6)50/h15-20,22,24-27,32,34,48H,13-14,21,23H2,1-12H3,(H,45,51)(H,47,54)/t25-,26+,27?,32-,34-,40?/m0/s1. The van der Waals surface area contributed by atoms with Crippen LogP contribution in [0.15, 0.2) is 36.4 Å². The molecule has 0 spiro atoms. The van der Waals surface area contributed by atoms with Crippen molar-refractivity contribution in [2.24, 2.45) is 11.3 Å². The van der Waals surface area contributed by atoms with Gasteiger partial charge in [-0.1, -0.05) is 99.8 Å². The molecule has 2 heterocycles. The van der Waals surface area contributed by atoms with E-state index in [0.29, 0.717) is 24.1 Å². The van der Waals surface area contributed by atoms with Gasteiger partial charge in [-0.05, 0) is 82.3 Å². The van der Waals surface area contributed by atoms with E-state index in [-0.39, 0.29) is 17.5 Å². The molecule has 1 aromatic carbocycles. The number of halogens is 3. The van der Waals surface area contributed by atoms with Crippen molar-refractivity contribution in [1.82, 2.24) is 26.1 Å². The van der Waals surface area contributed by atoms with Crippen molar-refractivity contribution in [3.8, 4) is 0 Å². The monoisotopic (exact) mass is 883 g/mol. The molecule has 3 rings (SSSR count). The van der Waals surface area contributed by atoms with E-state index in [2.05, 4.69) is 49.9 Å². The van der Waals surface area contributed by atoms with Gasteiger partial charge in [-0.15, -0.1) is 0 Å². The van der Waals surface area contributed by atoms with E-state index in [4.69, 9.17) is 53.7 Å². The van der Waals surface area contributed by atoms with Crippen molar-refractivity contribution >= 4 is 89.8 Å². The Kier molecular flexibility index (Phi) is 16.8. The van der Waals surface area contributed by atoms with Crippen LogP contribution < -0.4 is 16.1 Å². The van der Waals surface area contributed by atoms with E-state index >= 15 is 0 Å². The van der Waals surface area contributed by atoms with Crippen LogP contribution in [-0.4, -0.2) is 89.1 Å². The molecule has 322 valence electrons. The minimum Gasteiger partial charge on any atom is -0.460 e. The highest BCUT2D eigenvalue weighted by molar-refractivity contribution is 6.74. The Morgan fingerprint density at radius 3 is 2.22 bits per heavy atom. The van der Waals surface area contributed by atoms with Crippen LogP contribution in [0.1, 0.15) is 99.4 Å². The molecule has 3 amide bonds. The number of hydrogen-bond donors (Lipinski definition) is 3. The van der Waals surface area contributed by atoms with Crippen molar-refractivity contribution in [3.05, 3.63) is 47.7 Å². The molecule has 17 heteroatoms. The van der Waals surface area contributed by atoms with E-state index in [9.17, 15) is 24.0 Å². The Bertz CT molecular complexity index is 1850. The summed E-state index contributed by atoms with van der Waals surface area (Å²) in [5, 5.41) is 7.75. The van der Waals surface area contributed by atoms with Gasteiger partial charge in [-0.3, -0.25) is 29.0 Å². The first-order valence-electron chi connectivity index (χ1n) is 19.5. The van der Waals surface area contributed by atoms with Crippen LogP contribution in [-0.2, 0) is 37.9 Å². The third-order valence-corrected chi connectivity index (χ3v) is 15.7. The predicted octanol–water partition coefficient (Wildman–Crippen LogP) is 7.34. The zero-order valence-electron chi connectivity index (χ0n) is 35.6. The van der Waals surface area contributed by atoms with E-state index < -0.39 is 84.1 Å². The lowest BCUT2D eigenvalue weighted by molar-refractivity contribution is -0.153. The normalized spacial score (nSPS) is 18.6. The molecule has 58 heavy (non-hydrogen) atoms. The lowest BCUT2D eigenvalue weighted by atomic mass is 9.82. The molecule has 2 aromatic rings. The predicted molar refractivity (Wildman–Crippen MR) is 230 cm³/mol. The summed E-state index contributed by atoms with van der Waals surface area (Å²) in [5.74, 6) is -2.91. The van der Waals surface area contributed by atoms with Gasteiger partial charge < -0.3 is 24.5 Å². The number of rotatable bonds is 15. The number of amides is 3. The first-order chi connectivity index (χ1) is 26.6. The number of fused-ring (bicyclic) bond motifs is 1. The lowest BCUT2D eigenvalue weighted by Crippen LogP contribution is -2.61. The number of hydrogen-bond acceptors (Lipinski definition) is 10. The average Bonchev–Trinajstić information content (AvgIpc) is 3.12. The summed E-state index contributed by atoms with van der Waals surface area (Å²) in [6, 6.07) is 6.59. The van der Waals surface area contributed by atoms with Gasteiger partial charge in [0.05, 0.1) is 22.7 Å². The molecule has 1 aliphatic rings. The second kappa shape index (κ2) is 19.9. The molecule has 2 unspecified atom stereocenters. The molecule has 13 nitrogen and oxygen atoms in total. The minimum atomic E-state index is -2.39. The van der Waals surface area contributed by atoms with Gasteiger partial charge in [-0.25, -0.2) is 10.4 Å². The van der Waals surface area contributed by atoms with Gasteiger partial charge >= 0.3 is 11.9 Å². The van der Waals surface area contributed by atoms with Crippen LogP contribution in [0.4, 0.5) is 0 Å². The van der Waals surface area contributed by atoms with Crippen molar-refractivity contribution in [2.75, 3.05) is 13.2 Å². The van der Waals surface area contributed by atoms with Gasteiger partial charge in [-0.2, -0.15) is 0 Å². The molecule has 0 bridgehead atoms. The maximum absolute atomic E-state index is 14.6. The molecule has 0 aliphatic carbocycles. The molecular weight excluding hydrogens is 825 g/mol. The Hall–Kier alpha value is -3.27. The van der Waals surface area contributed by atoms with E-state index in [1.807, 2.05) is 43.3 Å². The van der Waals surface area contributed by atoms with E-state index in [0.717, 1.165) is 10.9 Å². The van der Waals surface area contributed by atoms with E-state index in [1.54, 1.807) is 33.8 Å². The maximum atomic E-state index is 14.6. The second-order valence-corrected chi connectivity index (χ2v) is 24.3. The number of aromatic nitrogens is 1. The van der Waals surface area contributed by atoms with Crippen LogP contribution in [0.3, 0.4) is 0 Å². The molecule has 0 saturated carbocycles. The first kappa shape index (κ1) is 49.1. The number of carbonyl (C=O) groups excluding carboxylic acids is 5. The van der Waals surface area contributed by atoms with Crippen LogP contribution >= 0.6 is 34.8 Å². The molecule has 1 fully saturated rings. The fourth-order valence-electron chi connectivity index (χ4n) is 5.99. The summed E-state index contributed by atoms with van der Waals surface area (Å²) in [4.78, 5) is 70.8. The number of alkyl halides is 3. The van der Waals surface area contributed by atoms with Crippen molar-refractivity contribution in [1.29, 1.82) is 0 Å². The summed E-state index contributed by atoms with van der Waals surface area (Å²) in [6.07, 6.45) is 3.38. The lowest BCUT2D eigenvalue weighted by Gasteiger charge is -2.43. The van der Waals surface area contributed by atoms with Crippen LogP contribution in [0.25, 0.3) is 17.0 Å². The molecule has 6 atom stereocenters. The second-order valence-electron chi connectivity index (χ2n) is 17.0. The molecular formula is C41H60Cl3N5O8Si. The highest BCUT2D eigenvalue weighted by Gasteiger charge is 2.46. The SMILES string of the molecule is CC(=O)O[C@H](C)c1ccc2ccc(C=CC(C)(C(=O)N[C@H](C(=O)N[C@@H](C)C(=O)N3CCC[C@@H](C(=O)OCC(Cl)(Cl)Cl)N3)C(C)C)C(C)O[Si](C)(C)C(C)(C)C)cc2n1. The van der Waals surface area contributed by atoms with Gasteiger partial charge in [0.15, 0.2) is 8.32 Å². The Morgan fingerprint density at radius 1 is 1.00 bits per heavy atom. The summed E-state index contributed by atoms with van der Waals surface area (Å²) in [6.45, 7) is 22.3. The number of nitrogens with one attached hydrogen (secondary N) is 3. The summed E-state index contributed by atoms with van der Waals surface area (Å²) < 4.78 is 15.4. The number of carbonyl (C=O) groups is 5. The van der Waals surface area contributed by atoms with Gasteiger partial charge in [0.2, 0.25) is 15.6 Å². The Balaban J connectivity index is 1.87. The van der Waals surface area contributed by atoms with E-state index in [1.165, 1.54) is 18.9 Å². The zero-order chi connectivity index (χ0) is 44.0. The third-order valence-electron chi connectivity index (χ3n) is 10.8. The largest absolute Gasteiger partial charge is 0.460 e. The highest BCUT2D eigenvalue weighted by Crippen LogP contribution is 2.40. The number of esters is 2. The van der Waals surface area contributed by atoms with Gasteiger partial charge in [0, 0.05) is 18.9 Å². The molecule has 1 aliphatic heterocycles. The summed E-state index contributed by atoms with van der Waals surface area (Å²) in [7, 11) is -2.39. The number of hydrazine groups is 1. The van der Waals surface area contributed by atoms with Crippen molar-refractivity contribution in [3.63, 3.8) is 0 Å². The quantitative estimate of drug-likeness (QED) is 0.0937. The fourth-order valence-corrected chi connectivity index (χ4v) is 7.64. The van der Waals surface area contributed by atoms with Gasteiger partial charge in [0.25, 0.3) is 5.91 Å². The average molecular weight is 885 g/mol. The third kappa shape index (κ3) is 13.4. The number of ether oxygens (including phenoxy) is 2. The van der Waals surface area contributed by atoms with Crippen LogP contribution in [0.2, 0.25) is 18.1 Å². The first-order valence-corrected chi connectivity index (χ1v) is 23.6. The number of benzene rings is 1. The van der Waals surface area contributed by atoms with Gasteiger partial charge in [0.1, 0.15) is 30.8 Å². The Labute approximate surface area is 358 Å². The number of nitrogens with zero attached hydrogens (tertiary/aromatic N) is 2. The molecule has 0 radical (unpaired) electrons. The minimum absolute atomic E-state index is 0.148.